The van der Waals surface area contributed by atoms with Crippen molar-refractivity contribution in [2.45, 2.75) is 33.1 Å². The monoisotopic (exact) mass is 203 g/mol. The van der Waals surface area contributed by atoms with E-state index in [1.54, 1.807) is 0 Å². The first-order valence-corrected chi connectivity index (χ1v) is 6.05. The predicted molar refractivity (Wildman–Crippen MR) is 59.3 cm³/mol. The second kappa shape index (κ2) is 5.87. The van der Waals surface area contributed by atoms with Gasteiger partial charge in [-0.3, -0.25) is 0 Å². The molecule has 1 rings (SSSR count). The summed E-state index contributed by atoms with van der Waals surface area (Å²) in [7, 11) is 0. The van der Waals surface area contributed by atoms with Crippen molar-refractivity contribution < 1.29 is 0 Å². The van der Waals surface area contributed by atoms with E-state index in [0.717, 1.165) is 24.1 Å². The van der Waals surface area contributed by atoms with E-state index in [1.165, 1.54) is 32.5 Å². The third-order valence-corrected chi connectivity index (χ3v) is 3.45. The van der Waals surface area contributed by atoms with Crippen molar-refractivity contribution >= 4 is 11.6 Å². The van der Waals surface area contributed by atoms with Gasteiger partial charge >= 0.3 is 0 Å². The molecule has 0 atom stereocenters. The summed E-state index contributed by atoms with van der Waals surface area (Å²) in [6.07, 6.45) is 3.92. The second-order valence-corrected chi connectivity index (χ2v) is 4.84. The van der Waals surface area contributed by atoms with Gasteiger partial charge in [0.05, 0.1) is 0 Å². The molecule has 13 heavy (non-hydrogen) atoms. The van der Waals surface area contributed by atoms with Crippen molar-refractivity contribution in [2.75, 3.05) is 25.5 Å². The highest BCUT2D eigenvalue weighted by Crippen LogP contribution is 2.24. The average Bonchev–Trinajstić information content (AvgIpc) is 2.15. The minimum absolute atomic E-state index is 0.810. The molecule has 0 amide bonds. The summed E-state index contributed by atoms with van der Waals surface area (Å²) in [5.41, 5.74) is 0. The van der Waals surface area contributed by atoms with Crippen molar-refractivity contribution in [1.29, 1.82) is 0 Å². The summed E-state index contributed by atoms with van der Waals surface area (Å²) in [5.74, 6) is 2.65. The molecule has 1 aliphatic heterocycles. The van der Waals surface area contributed by atoms with E-state index in [2.05, 4.69) is 18.7 Å². The fourth-order valence-electron chi connectivity index (χ4n) is 2.13. The van der Waals surface area contributed by atoms with Crippen molar-refractivity contribution in [3.05, 3.63) is 0 Å². The minimum Gasteiger partial charge on any atom is -0.303 e. The van der Waals surface area contributed by atoms with Crippen LogP contribution in [-0.2, 0) is 0 Å². The van der Waals surface area contributed by atoms with E-state index in [4.69, 9.17) is 11.6 Å². The quantitative estimate of drug-likeness (QED) is 0.636. The number of hydrogen-bond acceptors (Lipinski definition) is 1. The van der Waals surface area contributed by atoms with Gasteiger partial charge in [-0.05, 0) is 50.7 Å². The molecule has 1 saturated heterocycles. The van der Waals surface area contributed by atoms with Crippen LogP contribution >= 0.6 is 11.6 Å². The number of hydrogen-bond donors (Lipinski definition) is 0. The van der Waals surface area contributed by atoms with Crippen LogP contribution in [0.1, 0.15) is 33.1 Å². The molecular weight excluding hydrogens is 182 g/mol. The second-order valence-electron chi connectivity index (χ2n) is 4.47. The molecule has 0 spiro atoms. The van der Waals surface area contributed by atoms with Crippen molar-refractivity contribution in [2.24, 2.45) is 11.8 Å². The van der Waals surface area contributed by atoms with Crippen LogP contribution in [0.5, 0.6) is 0 Å². The smallest absolute Gasteiger partial charge is 0.0235 e. The van der Waals surface area contributed by atoms with E-state index in [-0.39, 0.29) is 0 Å². The number of halogens is 1. The first-order valence-electron chi connectivity index (χ1n) is 5.52. The maximum absolute atomic E-state index is 5.67. The molecule has 1 aliphatic rings. The number of likely N-dealkylation sites (tertiary alicyclic amines) is 1. The summed E-state index contributed by atoms with van der Waals surface area (Å²) < 4.78 is 0. The third kappa shape index (κ3) is 3.86. The van der Waals surface area contributed by atoms with E-state index >= 15 is 0 Å². The maximum Gasteiger partial charge on any atom is 0.0235 e. The van der Waals surface area contributed by atoms with Crippen LogP contribution in [0.2, 0.25) is 0 Å². The Kier molecular flexibility index (Phi) is 5.12. The zero-order valence-electron chi connectivity index (χ0n) is 8.93. The van der Waals surface area contributed by atoms with E-state index in [9.17, 15) is 0 Å². The van der Waals surface area contributed by atoms with Gasteiger partial charge in [0.1, 0.15) is 0 Å². The van der Waals surface area contributed by atoms with E-state index in [0.29, 0.717) is 0 Å². The molecular formula is C11H22ClN. The molecule has 0 aromatic carbocycles. The van der Waals surface area contributed by atoms with Gasteiger partial charge in [0.2, 0.25) is 0 Å². The lowest BCUT2D eigenvalue weighted by atomic mass is 9.87. The van der Waals surface area contributed by atoms with E-state index in [1.807, 2.05) is 0 Å². The Morgan fingerprint density at radius 1 is 1.31 bits per heavy atom. The average molecular weight is 204 g/mol. The molecule has 1 fully saturated rings. The molecule has 2 heteroatoms. The number of piperidine rings is 1. The van der Waals surface area contributed by atoms with Crippen molar-refractivity contribution in [3.63, 3.8) is 0 Å². The molecule has 0 bridgehead atoms. The molecule has 0 aromatic heterocycles. The van der Waals surface area contributed by atoms with Crippen LogP contribution < -0.4 is 0 Å². The van der Waals surface area contributed by atoms with Gasteiger partial charge in [0.25, 0.3) is 0 Å². The molecule has 0 radical (unpaired) electrons. The van der Waals surface area contributed by atoms with Gasteiger partial charge < -0.3 is 4.90 Å². The van der Waals surface area contributed by atoms with Crippen molar-refractivity contribution in [3.8, 4) is 0 Å². The molecule has 0 aliphatic carbocycles. The van der Waals surface area contributed by atoms with Crippen molar-refractivity contribution in [1.82, 2.24) is 4.90 Å². The van der Waals surface area contributed by atoms with Crippen LogP contribution in [0.3, 0.4) is 0 Å². The van der Waals surface area contributed by atoms with Gasteiger partial charge in [0, 0.05) is 5.88 Å². The molecule has 78 valence electrons. The first kappa shape index (κ1) is 11.3. The largest absolute Gasteiger partial charge is 0.303 e. The minimum atomic E-state index is 0.810. The number of nitrogens with zero attached hydrogens (tertiary/aromatic N) is 1. The summed E-state index contributed by atoms with van der Waals surface area (Å²) >= 11 is 5.67. The van der Waals surface area contributed by atoms with Gasteiger partial charge in [-0.15, -0.1) is 11.6 Å². The molecule has 0 aromatic rings. The number of rotatable bonds is 4. The molecule has 0 N–H and O–H groups in total. The summed E-state index contributed by atoms with van der Waals surface area (Å²) in [5, 5.41) is 0. The Labute approximate surface area is 87.4 Å². The van der Waals surface area contributed by atoms with Gasteiger partial charge in [-0.1, -0.05) is 13.8 Å². The summed E-state index contributed by atoms with van der Waals surface area (Å²) in [6, 6.07) is 0. The third-order valence-electron chi connectivity index (χ3n) is 3.18. The van der Waals surface area contributed by atoms with Crippen LogP contribution in [0.4, 0.5) is 0 Å². The Morgan fingerprint density at radius 2 is 1.92 bits per heavy atom. The van der Waals surface area contributed by atoms with Gasteiger partial charge in [-0.2, -0.15) is 0 Å². The van der Waals surface area contributed by atoms with Crippen LogP contribution in [0.25, 0.3) is 0 Å². The lowest BCUT2D eigenvalue weighted by Gasteiger charge is -2.33. The Balaban J connectivity index is 2.15. The maximum atomic E-state index is 5.67. The molecule has 1 heterocycles. The van der Waals surface area contributed by atoms with Gasteiger partial charge in [-0.25, -0.2) is 0 Å². The van der Waals surface area contributed by atoms with Gasteiger partial charge in [0.15, 0.2) is 0 Å². The fraction of sp³-hybridized carbons (Fsp3) is 1.00. The highest BCUT2D eigenvalue weighted by Gasteiger charge is 2.20. The zero-order valence-corrected chi connectivity index (χ0v) is 9.69. The summed E-state index contributed by atoms with van der Waals surface area (Å²) in [4.78, 5) is 2.56. The zero-order chi connectivity index (χ0) is 9.68. The lowest BCUT2D eigenvalue weighted by Crippen LogP contribution is -2.35. The first-order chi connectivity index (χ1) is 6.24. The van der Waals surface area contributed by atoms with E-state index < -0.39 is 0 Å². The standard InChI is InChI=1S/C11H22ClN/c1-10(2)11-4-8-13(9-5-11)7-3-6-12/h10-11H,3-9H2,1-2H3. The Morgan fingerprint density at radius 3 is 2.38 bits per heavy atom. The lowest BCUT2D eigenvalue weighted by molar-refractivity contribution is 0.158. The molecule has 1 nitrogen and oxygen atoms in total. The SMILES string of the molecule is CC(C)C1CCN(CCCCl)CC1. The Bertz CT molecular complexity index is 128. The topological polar surface area (TPSA) is 3.24 Å². The normalized spacial score (nSPS) is 21.2. The van der Waals surface area contributed by atoms with Crippen LogP contribution in [0.15, 0.2) is 0 Å². The Hall–Kier alpha value is 0.250. The van der Waals surface area contributed by atoms with Crippen LogP contribution in [0, 0.1) is 11.8 Å². The molecule has 0 saturated carbocycles. The highest BCUT2D eigenvalue weighted by atomic mass is 35.5. The fourth-order valence-corrected chi connectivity index (χ4v) is 2.25. The highest BCUT2D eigenvalue weighted by molar-refractivity contribution is 6.17. The summed E-state index contributed by atoms with van der Waals surface area (Å²) in [6.45, 7) is 8.48. The number of alkyl halides is 1. The van der Waals surface area contributed by atoms with Crippen LogP contribution in [-0.4, -0.2) is 30.4 Å². The molecule has 0 unspecified atom stereocenters. The predicted octanol–water partition coefficient (Wildman–Crippen LogP) is 2.98.